The number of morpholine rings is 1. The van der Waals surface area contributed by atoms with Crippen LogP contribution in [-0.2, 0) is 14.3 Å². The Morgan fingerprint density at radius 3 is 2.12 bits per heavy atom. The second-order valence-electron chi connectivity index (χ2n) is 2.89. The molecule has 0 bridgehead atoms. The normalized spacial score (nSPS) is 15.2. The topological polar surface area (TPSA) is 84.7 Å². The predicted octanol–water partition coefficient (Wildman–Crippen LogP) is -0.806. The lowest BCUT2D eigenvalue weighted by molar-refractivity contribution is -0.123. The highest BCUT2D eigenvalue weighted by atomic mass is 16.5. The number of nitrogens with two attached hydrogens (primary N) is 1. The summed E-state index contributed by atoms with van der Waals surface area (Å²) in [5.41, 5.74) is 7.20. The summed E-state index contributed by atoms with van der Waals surface area (Å²) < 4.78 is 5.10. The number of primary amides is 1. The summed E-state index contributed by atoms with van der Waals surface area (Å²) in [4.78, 5) is 20.2. The first kappa shape index (κ1) is 14.3. The maximum absolute atomic E-state index is 10.8. The fourth-order valence-electron chi connectivity index (χ4n) is 0.877. The van der Waals surface area contributed by atoms with Crippen molar-refractivity contribution in [3.63, 3.8) is 0 Å². The van der Waals surface area contributed by atoms with E-state index in [1.807, 2.05) is 5.01 Å². The highest BCUT2D eigenvalue weighted by Crippen LogP contribution is 1.91. The molecule has 1 saturated heterocycles. The van der Waals surface area contributed by atoms with Crippen molar-refractivity contribution in [2.24, 2.45) is 5.73 Å². The molecule has 1 rings (SSSR count). The fourth-order valence-corrected chi connectivity index (χ4v) is 0.877. The summed E-state index contributed by atoms with van der Waals surface area (Å²) in [6.45, 7) is 9.30. The first-order valence-electron chi connectivity index (χ1n) is 4.77. The molecule has 1 aliphatic rings. The highest BCUT2D eigenvalue weighted by molar-refractivity contribution is 5.86. The number of hydrogen-bond acceptors (Lipinski definition) is 4. The highest BCUT2D eigenvalue weighted by Gasteiger charge is 2.10. The van der Waals surface area contributed by atoms with Gasteiger partial charge in [0, 0.05) is 13.1 Å². The quantitative estimate of drug-likeness (QED) is 0.618. The van der Waals surface area contributed by atoms with Crippen molar-refractivity contribution in [3.05, 3.63) is 25.3 Å². The van der Waals surface area contributed by atoms with Gasteiger partial charge >= 0.3 is 0 Å². The lowest BCUT2D eigenvalue weighted by atomic mass is 10.5. The van der Waals surface area contributed by atoms with E-state index in [2.05, 4.69) is 24.3 Å². The average Bonchev–Trinajstić information content (AvgIpc) is 2.31. The van der Waals surface area contributed by atoms with Crippen molar-refractivity contribution in [1.82, 2.24) is 10.4 Å². The number of amides is 2. The Morgan fingerprint density at radius 2 is 1.75 bits per heavy atom. The molecule has 16 heavy (non-hydrogen) atoms. The molecule has 2 amide bonds. The maximum Gasteiger partial charge on any atom is 0.257 e. The number of nitrogens with zero attached hydrogens (tertiary/aromatic N) is 1. The fraction of sp³-hybridized carbons (Fsp3) is 0.400. The van der Waals surface area contributed by atoms with E-state index in [1.54, 1.807) is 0 Å². The van der Waals surface area contributed by atoms with Crippen LogP contribution in [0.3, 0.4) is 0 Å². The van der Waals surface area contributed by atoms with E-state index < -0.39 is 5.91 Å². The number of hydrazine groups is 1. The van der Waals surface area contributed by atoms with Crippen molar-refractivity contribution < 1.29 is 14.3 Å². The number of hydrogen-bond donors (Lipinski definition) is 2. The molecule has 0 radical (unpaired) electrons. The van der Waals surface area contributed by atoms with Crippen LogP contribution in [0, 0.1) is 0 Å². The summed E-state index contributed by atoms with van der Waals surface area (Å²) in [7, 11) is 0. The van der Waals surface area contributed by atoms with Gasteiger partial charge in [0.1, 0.15) is 0 Å². The zero-order valence-electron chi connectivity index (χ0n) is 9.15. The first-order chi connectivity index (χ1) is 7.60. The Hall–Kier alpha value is -1.66. The van der Waals surface area contributed by atoms with E-state index in [0.717, 1.165) is 19.2 Å². The Kier molecular flexibility index (Phi) is 7.74. The SMILES string of the molecule is C=CC(=O)NN1CCOCC1.C=CC(N)=O. The number of carbonyl (C=O) groups is 2. The molecule has 0 unspecified atom stereocenters. The van der Waals surface area contributed by atoms with Crippen molar-refractivity contribution in [2.75, 3.05) is 26.3 Å². The number of rotatable bonds is 3. The minimum Gasteiger partial charge on any atom is -0.379 e. The van der Waals surface area contributed by atoms with Gasteiger partial charge in [-0.3, -0.25) is 15.0 Å². The largest absolute Gasteiger partial charge is 0.379 e. The van der Waals surface area contributed by atoms with Crippen molar-refractivity contribution in [3.8, 4) is 0 Å². The van der Waals surface area contributed by atoms with Gasteiger partial charge in [-0.1, -0.05) is 13.2 Å². The number of ether oxygens (including phenoxy) is 1. The summed E-state index contributed by atoms with van der Waals surface area (Å²) in [6.07, 6.45) is 2.31. The molecule has 0 aromatic rings. The molecule has 0 aliphatic carbocycles. The summed E-state index contributed by atoms with van der Waals surface area (Å²) in [5, 5.41) is 1.83. The molecule has 0 atom stereocenters. The van der Waals surface area contributed by atoms with Crippen molar-refractivity contribution in [2.45, 2.75) is 0 Å². The molecule has 0 aromatic heterocycles. The third-order valence-corrected chi connectivity index (χ3v) is 1.67. The Bertz CT molecular complexity index is 260. The lowest BCUT2D eigenvalue weighted by Gasteiger charge is -2.26. The number of nitrogens with one attached hydrogen (secondary N) is 1. The molecule has 1 heterocycles. The lowest BCUT2D eigenvalue weighted by Crippen LogP contribution is -2.47. The number of carbonyl (C=O) groups excluding carboxylic acids is 2. The molecule has 0 spiro atoms. The van der Waals surface area contributed by atoms with Crippen LogP contribution >= 0.6 is 0 Å². The van der Waals surface area contributed by atoms with Crippen LogP contribution in [0.25, 0.3) is 0 Å². The van der Waals surface area contributed by atoms with Gasteiger partial charge in [-0.25, -0.2) is 5.01 Å². The van der Waals surface area contributed by atoms with E-state index in [1.165, 1.54) is 6.08 Å². The van der Waals surface area contributed by atoms with Crippen LogP contribution < -0.4 is 11.2 Å². The molecule has 1 aliphatic heterocycles. The Morgan fingerprint density at radius 1 is 1.25 bits per heavy atom. The molecule has 6 nitrogen and oxygen atoms in total. The predicted molar refractivity (Wildman–Crippen MR) is 60.1 cm³/mol. The third kappa shape index (κ3) is 7.72. The average molecular weight is 227 g/mol. The second kappa shape index (κ2) is 8.63. The molecule has 6 heteroatoms. The van der Waals surface area contributed by atoms with E-state index in [4.69, 9.17) is 4.74 Å². The standard InChI is InChI=1S/C7H12N2O2.C3H5NO/c1-2-7(10)8-9-3-5-11-6-4-9;1-2-3(4)5/h2H,1,3-6H2,(H,8,10);2H,1H2,(H2,4,5). The minimum absolute atomic E-state index is 0.160. The molecular formula is C10H17N3O3. The molecule has 0 saturated carbocycles. The van der Waals surface area contributed by atoms with Crippen molar-refractivity contribution >= 4 is 11.8 Å². The van der Waals surface area contributed by atoms with Crippen LogP contribution in [0.4, 0.5) is 0 Å². The Labute approximate surface area is 94.7 Å². The van der Waals surface area contributed by atoms with Crippen molar-refractivity contribution in [1.29, 1.82) is 0 Å². The zero-order valence-corrected chi connectivity index (χ0v) is 9.15. The monoisotopic (exact) mass is 227 g/mol. The van der Waals surface area contributed by atoms with E-state index in [0.29, 0.717) is 13.2 Å². The summed E-state index contributed by atoms with van der Waals surface area (Å²) in [6, 6.07) is 0. The van der Waals surface area contributed by atoms with Gasteiger partial charge in [0.2, 0.25) is 5.91 Å². The zero-order chi connectivity index (χ0) is 12.4. The second-order valence-corrected chi connectivity index (χ2v) is 2.89. The first-order valence-corrected chi connectivity index (χ1v) is 4.77. The molecule has 3 N–H and O–H groups in total. The van der Waals surface area contributed by atoms with Gasteiger partial charge in [0.25, 0.3) is 5.91 Å². The molecule has 1 fully saturated rings. The van der Waals surface area contributed by atoms with Crippen LogP contribution in [-0.4, -0.2) is 43.1 Å². The van der Waals surface area contributed by atoms with Gasteiger partial charge in [0.05, 0.1) is 13.2 Å². The van der Waals surface area contributed by atoms with Gasteiger partial charge in [-0.05, 0) is 12.2 Å². The van der Waals surface area contributed by atoms with Crippen LogP contribution in [0.2, 0.25) is 0 Å². The third-order valence-electron chi connectivity index (χ3n) is 1.67. The van der Waals surface area contributed by atoms with E-state index in [9.17, 15) is 9.59 Å². The van der Waals surface area contributed by atoms with Crippen LogP contribution in [0.5, 0.6) is 0 Å². The summed E-state index contributed by atoms with van der Waals surface area (Å²) >= 11 is 0. The Balaban J connectivity index is 0.000000385. The molecular weight excluding hydrogens is 210 g/mol. The minimum atomic E-state index is -0.481. The van der Waals surface area contributed by atoms with Crippen LogP contribution in [0.1, 0.15) is 0 Å². The van der Waals surface area contributed by atoms with Gasteiger partial charge < -0.3 is 10.5 Å². The molecule has 90 valence electrons. The maximum atomic E-state index is 10.8. The molecule has 0 aromatic carbocycles. The summed E-state index contributed by atoms with van der Waals surface area (Å²) in [5.74, 6) is -0.642. The van der Waals surface area contributed by atoms with Gasteiger partial charge in [-0.2, -0.15) is 0 Å². The van der Waals surface area contributed by atoms with E-state index >= 15 is 0 Å². The smallest absolute Gasteiger partial charge is 0.257 e. The van der Waals surface area contributed by atoms with Gasteiger partial charge in [0.15, 0.2) is 0 Å². The van der Waals surface area contributed by atoms with E-state index in [-0.39, 0.29) is 5.91 Å². The van der Waals surface area contributed by atoms with Crippen LogP contribution in [0.15, 0.2) is 25.3 Å². The van der Waals surface area contributed by atoms with Gasteiger partial charge in [-0.15, -0.1) is 0 Å².